The molecular weight excluding hydrogens is 194 g/mol. The fourth-order valence-electron chi connectivity index (χ4n) is 1.22. The number of aryl methyl sites for hydroxylation is 2. The Balaban J connectivity index is 2.95. The molecule has 4 heteroatoms. The average molecular weight is 209 g/mol. The van der Waals surface area contributed by atoms with Crippen molar-refractivity contribution in [3.8, 4) is 5.75 Å². The molecule has 1 unspecified atom stereocenters. The molecule has 0 aromatic heterocycles. The Bertz CT molecular complexity index is 388. The van der Waals surface area contributed by atoms with Crippen molar-refractivity contribution >= 4 is 11.7 Å². The third kappa shape index (κ3) is 2.62. The smallest absolute Gasteiger partial charge is 0.344 e. The maximum Gasteiger partial charge on any atom is 0.344 e. The number of carbonyl (C=O) groups is 1. The third-order valence-corrected chi connectivity index (χ3v) is 2.22. The van der Waals surface area contributed by atoms with Crippen molar-refractivity contribution in [1.82, 2.24) is 0 Å². The van der Waals surface area contributed by atoms with E-state index in [2.05, 4.69) is 0 Å². The van der Waals surface area contributed by atoms with E-state index in [1.165, 1.54) is 6.92 Å². The minimum atomic E-state index is -0.992. The van der Waals surface area contributed by atoms with Gasteiger partial charge in [0, 0.05) is 11.8 Å². The normalized spacial score (nSPS) is 12.2. The summed E-state index contributed by atoms with van der Waals surface area (Å²) in [6.45, 7) is 5.24. The molecule has 0 fully saturated rings. The topological polar surface area (TPSA) is 72.5 Å². The van der Waals surface area contributed by atoms with Gasteiger partial charge in [0.1, 0.15) is 5.75 Å². The molecule has 82 valence electrons. The van der Waals surface area contributed by atoms with Gasteiger partial charge in [-0.3, -0.25) is 0 Å². The molecule has 0 aliphatic heterocycles. The highest BCUT2D eigenvalue weighted by atomic mass is 16.5. The molecule has 0 saturated heterocycles. The average Bonchev–Trinajstić information content (AvgIpc) is 2.13. The number of hydrogen-bond donors (Lipinski definition) is 2. The first kappa shape index (κ1) is 11.4. The minimum absolute atomic E-state index is 0.521. The highest BCUT2D eigenvalue weighted by Crippen LogP contribution is 2.25. The molecule has 0 aliphatic rings. The van der Waals surface area contributed by atoms with Crippen LogP contribution in [0.25, 0.3) is 0 Å². The number of nitrogen functional groups attached to an aromatic ring is 1. The van der Waals surface area contributed by atoms with Crippen LogP contribution in [0, 0.1) is 13.8 Å². The summed E-state index contributed by atoms with van der Waals surface area (Å²) in [5, 5.41) is 8.70. The zero-order chi connectivity index (χ0) is 11.6. The number of anilines is 1. The number of aliphatic carboxylic acids is 1. The largest absolute Gasteiger partial charge is 0.479 e. The first-order valence-corrected chi connectivity index (χ1v) is 4.68. The molecule has 1 rings (SSSR count). The van der Waals surface area contributed by atoms with Gasteiger partial charge in [0.05, 0.1) is 0 Å². The molecule has 15 heavy (non-hydrogen) atoms. The van der Waals surface area contributed by atoms with Crippen LogP contribution < -0.4 is 10.5 Å². The van der Waals surface area contributed by atoms with E-state index < -0.39 is 12.1 Å². The summed E-state index contributed by atoms with van der Waals surface area (Å²) in [6.07, 6.45) is -0.870. The van der Waals surface area contributed by atoms with Crippen molar-refractivity contribution in [2.75, 3.05) is 5.73 Å². The predicted octanol–water partition coefficient (Wildman–Crippen LogP) is 1.74. The van der Waals surface area contributed by atoms with E-state index in [0.29, 0.717) is 11.4 Å². The molecule has 0 spiro atoms. The fraction of sp³-hybridized carbons (Fsp3) is 0.364. The van der Waals surface area contributed by atoms with Gasteiger partial charge in [-0.2, -0.15) is 0 Å². The third-order valence-electron chi connectivity index (χ3n) is 2.22. The van der Waals surface area contributed by atoms with Gasteiger partial charge in [0.15, 0.2) is 6.10 Å². The molecule has 0 radical (unpaired) electrons. The number of rotatable bonds is 3. The van der Waals surface area contributed by atoms with Crippen molar-refractivity contribution in [3.63, 3.8) is 0 Å². The lowest BCUT2D eigenvalue weighted by atomic mass is 10.1. The van der Waals surface area contributed by atoms with Crippen LogP contribution in [0.1, 0.15) is 18.1 Å². The van der Waals surface area contributed by atoms with Gasteiger partial charge in [0.2, 0.25) is 0 Å². The lowest BCUT2D eigenvalue weighted by Gasteiger charge is -2.14. The van der Waals surface area contributed by atoms with Crippen LogP contribution in [0.2, 0.25) is 0 Å². The Kier molecular flexibility index (Phi) is 3.19. The summed E-state index contributed by atoms with van der Waals surface area (Å²) >= 11 is 0. The van der Waals surface area contributed by atoms with Gasteiger partial charge in [-0.25, -0.2) is 4.79 Å². The van der Waals surface area contributed by atoms with Crippen molar-refractivity contribution in [2.24, 2.45) is 0 Å². The molecule has 0 bridgehead atoms. The second-order valence-electron chi connectivity index (χ2n) is 3.57. The number of ether oxygens (including phenoxy) is 1. The summed E-state index contributed by atoms with van der Waals surface area (Å²) in [5.41, 5.74) is 8.16. The van der Waals surface area contributed by atoms with Gasteiger partial charge in [-0.15, -0.1) is 0 Å². The molecule has 0 saturated carbocycles. The maximum absolute atomic E-state index is 10.6. The predicted molar refractivity (Wildman–Crippen MR) is 58.1 cm³/mol. The fourth-order valence-corrected chi connectivity index (χ4v) is 1.22. The van der Waals surface area contributed by atoms with Crippen LogP contribution in [0.4, 0.5) is 5.69 Å². The number of nitrogens with two attached hydrogens (primary N) is 1. The summed E-state index contributed by atoms with van der Waals surface area (Å²) in [6, 6.07) is 3.53. The van der Waals surface area contributed by atoms with Gasteiger partial charge in [-0.05, 0) is 31.9 Å². The summed E-state index contributed by atoms with van der Waals surface area (Å²) < 4.78 is 5.26. The highest BCUT2D eigenvalue weighted by Gasteiger charge is 2.14. The lowest BCUT2D eigenvalue weighted by molar-refractivity contribution is -0.144. The minimum Gasteiger partial charge on any atom is -0.479 e. The van der Waals surface area contributed by atoms with Crippen molar-refractivity contribution < 1.29 is 14.6 Å². The van der Waals surface area contributed by atoms with E-state index in [1.54, 1.807) is 6.07 Å². The van der Waals surface area contributed by atoms with Gasteiger partial charge in [0.25, 0.3) is 0 Å². The van der Waals surface area contributed by atoms with E-state index in [-0.39, 0.29) is 0 Å². The van der Waals surface area contributed by atoms with E-state index in [1.807, 2.05) is 19.9 Å². The highest BCUT2D eigenvalue weighted by molar-refractivity contribution is 5.72. The molecule has 1 aromatic carbocycles. The van der Waals surface area contributed by atoms with Crippen LogP contribution in [0.15, 0.2) is 12.1 Å². The second-order valence-corrected chi connectivity index (χ2v) is 3.57. The monoisotopic (exact) mass is 209 g/mol. The maximum atomic E-state index is 10.6. The second kappa shape index (κ2) is 4.21. The number of carboxylic acids is 1. The van der Waals surface area contributed by atoms with E-state index in [4.69, 9.17) is 15.6 Å². The molecule has 0 heterocycles. The van der Waals surface area contributed by atoms with Gasteiger partial charge >= 0.3 is 5.97 Å². The Morgan fingerprint density at radius 1 is 1.40 bits per heavy atom. The summed E-state index contributed by atoms with van der Waals surface area (Å²) in [4.78, 5) is 10.6. The van der Waals surface area contributed by atoms with Crippen LogP contribution >= 0.6 is 0 Å². The molecule has 1 aromatic rings. The van der Waals surface area contributed by atoms with Crippen LogP contribution in [-0.4, -0.2) is 17.2 Å². The molecule has 3 N–H and O–H groups in total. The van der Waals surface area contributed by atoms with Gasteiger partial charge in [-0.1, -0.05) is 6.07 Å². The Morgan fingerprint density at radius 3 is 2.53 bits per heavy atom. The summed E-state index contributed by atoms with van der Waals surface area (Å²) in [5.74, 6) is -0.471. The first-order valence-electron chi connectivity index (χ1n) is 4.68. The van der Waals surface area contributed by atoms with E-state index in [9.17, 15) is 4.79 Å². The van der Waals surface area contributed by atoms with Crippen molar-refractivity contribution in [1.29, 1.82) is 0 Å². The molecule has 0 amide bonds. The number of hydrogen-bond acceptors (Lipinski definition) is 3. The Hall–Kier alpha value is -1.71. The SMILES string of the molecule is Cc1cc(C)c(OC(C)C(=O)O)cc1N. The molecule has 4 nitrogen and oxygen atoms in total. The Morgan fingerprint density at radius 2 is 2.00 bits per heavy atom. The summed E-state index contributed by atoms with van der Waals surface area (Å²) in [7, 11) is 0. The quantitative estimate of drug-likeness (QED) is 0.744. The van der Waals surface area contributed by atoms with Crippen LogP contribution in [0.5, 0.6) is 5.75 Å². The Labute approximate surface area is 88.7 Å². The van der Waals surface area contributed by atoms with Crippen molar-refractivity contribution in [2.45, 2.75) is 26.9 Å². The zero-order valence-electron chi connectivity index (χ0n) is 9.07. The van der Waals surface area contributed by atoms with Crippen LogP contribution in [0.3, 0.4) is 0 Å². The van der Waals surface area contributed by atoms with Gasteiger partial charge < -0.3 is 15.6 Å². The molecule has 1 atom stereocenters. The lowest BCUT2D eigenvalue weighted by Crippen LogP contribution is -2.23. The van der Waals surface area contributed by atoms with E-state index >= 15 is 0 Å². The van der Waals surface area contributed by atoms with E-state index in [0.717, 1.165) is 11.1 Å². The molecule has 0 aliphatic carbocycles. The number of benzene rings is 1. The van der Waals surface area contributed by atoms with Crippen LogP contribution in [-0.2, 0) is 4.79 Å². The number of carboxylic acid groups (broad SMARTS) is 1. The molecular formula is C11H15NO3. The standard InChI is InChI=1S/C11H15NO3/c1-6-4-7(2)10(5-9(6)12)15-8(3)11(13)14/h4-5,8H,12H2,1-3H3,(H,13,14). The van der Waals surface area contributed by atoms with Crippen molar-refractivity contribution in [3.05, 3.63) is 23.3 Å². The first-order chi connectivity index (χ1) is 6.91. The zero-order valence-corrected chi connectivity index (χ0v) is 9.07.